The Morgan fingerprint density at radius 1 is 1.44 bits per heavy atom. The third-order valence-electron chi connectivity index (χ3n) is 3.44. The number of carbonyl (C=O) groups is 1. The Labute approximate surface area is 108 Å². The second-order valence-electron chi connectivity index (χ2n) is 5.91. The molecule has 0 fully saturated rings. The molecule has 0 amide bonds. The average molecular weight is 248 g/mol. The van der Waals surface area contributed by atoms with Gasteiger partial charge in [0.25, 0.3) is 0 Å². The van der Waals surface area contributed by atoms with Crippen molar-refractivity contribution in [2.24, 2.45) is 0 Å². The van der Waals surface area contributed by atoms with Gasteiger partial charge in [-0.05, 0) is 37.5 Å². The molecule has 1 atom stereocenters. The van der Waals surface area contributed by atoms with Crippen LogP contribution in [0.5, 0.6) is 11.5 Å². The molecule has 0 saturated carbocycles. The van der Waals surface area contributed by atoms with Gasteiger partial charge in [0.15, 0.2) is 0 Å². The van der Waals surface area contributed by atoms with Crippen LogP contribution in [0.1, 0.15) is 57.1 Å². The molecule has 3 nitrogen and oxygen atoms in total. The van der Waals surface area contributed by atoms with Gasteiger partial charge < -0.3 is 14.6 Å². The minimum Gasteiger partial charge on any atom is -0.507 e. The Morgan fingerprint density at radius 2 is 2.11 bits per heavy atom. The number of aldehydes is 1. The second-order valence-corrected chi connectivity index (χ2v) is 5.91. The zero-order chi connectivity index (χ0) is 13.5. The van der Waals surface area contributed by atoms with Crippen LogP contribution in [0.2, 0.25) is 0 Å². The lowest BCUT2D eigenvalue weighted by molar-refractivity contribution is -0.110. The van der Waals surface area contributed by atoms with Crippen molar-refractivity contribution >= 4 is 6.29 Å². The first-order chi connectivity index (χ1) is 8.34. The van der Waals surface area contributed by atoms with E-state index in [9.17, 15) is 9.90 Å². The third kappa shape index (κ3) is 2.22. The van der Waals surface area contributed by atoms with Crippen LogP contribution >= 0.6 is 0 Å². The maximum absolute atomic E-state index is 11.2. The zero-order valence-corrected chi connectivity index (χ0v) is 11.4. The lowest BCUT2D eigenvalue weighted by Crippen LogP contribution is -2.35. The molecule has 0 aromatic heterocycles. The highest BCUT2D eigenvalue weighted by atomic mass is 16.5. The van der Waals surface area contributed by atoms with Crippen molar-refractivity contribution in [1.82, 2.24) is 0 Å². The molecule has 0 bridgehead atoms. The predicted octanol–water partition coefficient (Wildman–Crippen LogP) is 3.36. The summed E-state index contributed by atoms with van der Waals surface area (Å²) in [5.41, 5.74) is 1.28. The van der Waals surface area contributed by atoms with E-state index < -0.39 is 0 Å². The van der Waals surface area contributed by atoms with E-state index in [0.29, 0.717) is 23.7 Å². The summed E-state index contributed by atoms with van der Waals surface area (Å²) in [7, 11) is 0. The second kappa shape index (κ2) is 4.30. The van der Waals surface area contributed by atoms with Crippen LogP contribution in [0.4, 0.5) is 0 Å². The molecular weight excluding hydrogens is 228 g/mol. The van der Waals surface area contributed by atoms with Gasteiger partial charge in [0.1, 0.15) is 23.4 Å². The Morgan fingerprint density at radius 3 is 2.67 bits per heavy atom. The predicted molar refractivity (Wildman–Crippen MR) is 70.3 cm³/mol. The van der Waals surface area contributed by atoms with Gasteiger partial charge in [0.05, 0.1) is 5.92 Å². The minimum absolute atomic E-state index is 0.170. The Bertz CT molecular complexity index is 475. The highest BCUT2D eigenvalue weighted by Crippen LogP contribution is 2.45. The number of phenolic OH excluding ortho intramolecular Hbond substituents is 1. The van der Waals surface area contributed by atoms with Crippen LogP contribution in [0.15, 0.2) is 12.1 Å². The number of rotatable bonds is 2. The molecule has 1 aromatic carbocycles. The molecule has 1 heterocycles. The molecule has 1 aromatic rings. The van der Waals surface area contributed by atoms with Gasteiger partial charge in [-0.3, -0.25) is 0 Å². The van der Waals surface area contributed by atoms with Gasteiger partial charge in [-0.15, -0.1) is 0 Å². The lowest BCUT2D eigenvalue weighted by Gasteiger charge is -2.36. The van der Waals surface area contributed by atoms with E-state index >= 15 is 0 Å². The minimum atomic E-state index is -0.374. The van der Waals surface area contributed by atoms with Crippen molar-refractivity contribution in [3.8, 4) is 11.5 Å². The lowest BCUT2D eigenvalue weighted by atomic mass is 9.83. The molecule has 0 radical (unpaired) electrons. The summed E-state index contributed by atoms with van der Waals surface area (Å²) in [6.45, 7) is 8.05. The highest BCUT2D eigenvalue weighted by molar-refractivity contribution is 5.69. The molecule has 1 unspecified atom stereocenters. The molecule has 18 heavy (non-hydrogen) atoms. The number of fused-ring (bicyclic) bond motifs is 1. The van der Waals surface area contributed by atoms with Gasteiger partial charge >= 0.3 is 0 Å². The maximum Gasteiger partial charge on any atom is 0.128 e. The summed E-state index contributed by atoms with van der Waals surface area (Å²) in [5.74, 6) is 0.838. The summed E-state index contributed by atoms with van der Waals surface area (Å²) in [4.78, 5) is 11.2. The number of benzene rings is 1. The molecule has 1 aliphatic rings. The standard InChI is InChI=1S/C15H20O3/c1-9(2)10-5-12(17)14-11(8-16)7-15(3,4)18-13(14)6-10/h5-6,8-9,11,17H,7H2,1-4H3. The maximum atomic E-state index is 11.2. The number of aromatic hydroxyl groups is 1. The Hall–Kier alpha value is -1.51. The molecular formula is C15H20O3. The van der Waals surface area contributed by atoms with Crippen LogP contribution in [-0.4, -0.2) is 17.0 Å². The SMILES string of the molecule is CC(C)c1cc(O)c2c(c1)OC(C)(C)CC2C=O. The molecule has 1 N–H and O–H groups in total. The fraction of sp³-hybridized carbons (Fsp3) is 0.533. The molecule has 98 valence electrons. The summed E-state index contributed by atoms with van der Waals surface area (Å²) in [6, 6.07) is 3.68. The summed E-state index contributed by atoms with van der Waals surface area (Å²) >= 11 is 0. The van der Waals surface area contributed by atoms with Crippen molar-refractivity contribution < 1.29 is 14.6 Å². The quantitative estimate of drug-likeness (QED) is 0.816. The number of ether oxygens (including phenoxy) is 1. The van der Waals surface area contributed by atoms with Crippen molar-refractivity contribution in [3.05, 3.63) is 23.3 Å². The van der Waals surface area contributed by atoms with Crippen molar-refractivity contribution in [3.63, 3.8) is 0 Å². The largest absolute Gasteiger partial charge is 0.507 e. The van der Waals surface area contributed by atoms with Crippen LogP contribution in [-0.2, 0) is 4.79 Å². The van der Waals surface area contributed by atoms with Gasteiger partial charge in [0.2, 0.25) is 0 Å². The van der Waals surface area contributed by atoms with Gasteiger partial charge in [-0.25, -0.2) is 0 Å². The van der Waals surface area contributed by atoms with E-state index in [1.165, 1.54) is 0 Å². The van der Waals surface area contributed by atoms with Crippen molar-refractivity contribution in [2.75, 3.05) is 0 Å². The van der Waals surface area contributed by atoms with Crippen LogP contribution in [0.25, 0.3) is 0 Å². The fourth-order valence-corrected chi connectivity index (χ4v) is 2.51. The van der Waals surface area contributed by atoms with Gasteiger partial charge in [0, 0.05) is 12.0 Å². The first kappa shape index (κ1) is 12.9. The average Bonchev–Trinajstić information content (AvgIpc) is 2.25. The molecule has 1 aliphatic heterocycles. The van der Waals surface area contributed by atoms with Crippen LogP contribution < -0.4 is 4.74 Å². The molecule has 0 saturated heterocycles. The van der Waals surface area contributed by atoms with E-state index in [1.54, 1.807) is 6.07 Å². The molecule has 2 rings (SSSR count). The first-order valence-electron chi connectivity index (χ1n) is 6.35. The van der Waals surface area contributed by atoms with E-state index in [0.717, 1.165) is 11.8 Å². The van der Waals surface area contributed by atoms with E-state index in [4.69, 9.17) is 4.74 Å². The monoisotopic (exact) mass is 248 g/mol. The van der Waals surface area contributed by atoms with Crippen molar-refractivity contribution in [2.45, 2.75) is 51.6 Å². The first-order valence-corrected chi connectivity index (χ1v) is 6.35. The normalized spacial score (nSPS) is 21.3. The fourth-order valence-electron chi connectivity index (χ4n) is 2.51. The Kier molecular flexibility index (Phi) is 3.09. The third-order valence-corrected chi connectivity index (χ3v) is 3.44. The van der Waals surface area contributed by atoms with Crippen LogP contribution in [0.3, 0.4) is 0 Å². The van der Waals surface area contributed by atoms with E-state index in [1.807, 2.05) is 19.9 Å². The smallest absolute Gasteiger partial charge is 0.128 e. The summed E-state index contributed by atoms with van der Waals surface area (Å²) in [5, 5.41) is 10.1. The van der Waals surface area contributed by atoms with E-state index in [2.05, 4.69) is 13.8 Å². The van der Waals surface area contributed by atoms with E-state index in [-0.39, 0.29) is 17.3 Å². The summed E-state index contributed by atoms with van der Waals surface area (Å²) in [6.07, 6.45) is 1.50. The number of phenols is 1. The number of hydrogen-bond donors (Lipinski definition) is 1. The molecule has 0 spiro atoms. The zero-order valence-electron chi connectivity index (χ0n) is 11.4. The van der Waals surface area contributed by atoms with Gasteiger partial charge in [-0.1, -0.05) is 13.8 Å². The number of carbonyl (C=O) groups excluding carboxylic acids is 1. The van der Waals surface area contributed by atoms with Crippen LogP contribution in [0, 0.1) is 0 Å². The summed E-state index contributed by atoms with van der Waals surface area (Å²) < 4.78 is 5.90. The van der Waals surface area contributed by atoms with Crippen molar-refractivity contribution in [1.29, 1.82) is 0 Å². The number of hydrogen-bond acceptors (Lipinski definition) is 3. The Balaban J connectivity index is 2.57. The highest BCUT2D eigenvalue weighted by Gasteiger charge is 2.35. The topological polar surface area (TPSA) is 46.5 Å². The molecule has 0 aliphatic carbocycles. The molecule has 3 heteroatoms. The van der Waals surface area contributed by atoms with Gasteiger partial charge in [-0.2, -0.15) is 0 Å².